The maximum absolute atomic E-state index is 11.8. The number of nitrogens with two attached hydrogens (primary N) is 1. The number of hydrogen-bond donors (Lipinski definition) is 2. The molecule has 0 saturated carbocycles. The van der Waals surface area contributed by atoms with Gasteiger partial charge < -0.3 is 11.1 Å². The van der Waals surface area contributed by atoms with E-state index in [9.17, 15) is 4.79 Å². The van der Waals surface area contributed by atoms with Crippen molar-refractivity contribution in [2.75, 3.05) is 5.32 Å². The molecule has 1 aromatic carbocycles. The average molecular weight is 275 g/mol. The van der Waals surface area contributed by atoms with Gasteiger partial charge in [-0.2, -0.15) is 0 Å². The minimum absolute atomic E-state index is 0.0151. The van der Waals surface area contributed by atoms with Gasteiger partial charge in [-0.1, -0.05) is 30.3 Å². The van der Waals surface area contributed by atoms with Crippen molar-refractivity contribution in [3.8, 4) is 11.3 Å². The SMILES string of the molecule is CC(N)CCC(=O)Nc1scnc1-c1ccccc1. The highest BCUT2D eigenvalue weighted by molar-refractivity contribution is 7.14. The van der Waals surface area contributed by atoms with Crippen molar-refractivity contribution in [3.05, 3.63) is 35.8 Å². The first-order chi connectivity index (χ1) is 9.16. The molecular weight excluding hydrogens is 258 g/mol. The van der Waals surface area contributed by atoms with E-state index in [0.717, 1.165) is 16.3 Å². The molecule has 1 atom stereocenters. The zero-order chi connectivity index (χ0) is 13.7. The quantitative estimate of drug-likeness (QED) is 0.881. The standard InChI is InChI=1S/C14H17N3OS/c1-10(15)7-8-12(18)17-14-13(16-9-19-14)11-5-3-2-4-6-11/h2-6,9-10H,7-8,15H2,1H3,(H,17,18). The molecule has 19 heavy (non-hydrogen) atoms. The summed E-state index contributed by atoms with van der Waals surface area (Å²) in [5, 5.41) is 3.70. The van der Waals surface area contributed by atoms with Gasteiger partial charge in [-0.3, -0.25) is 4.79 Å². The van der Waals surface area contributed by atoms with Crippen LogP contribution in [0.4, 0.5) is 5.00 Å². The van der Waals surface area contributed by atoms with Crippen LogP contribution in [0.25, 0.3) is 11.3 Å². The molecule has 3 N–H and O–H groups in total. The molecule has 100 valence electrons. The van der Waals surface area contributed by atoms with Gasteiger partial charge in [0.25, 0.3) is 0 Å². The highest BCUT2D eigenvalue weighted by atomic mass is 32.1. The van der Waals surface area contributed by atoms with Gasteiger partial charge in [0, 0.05) is 18.0 Å². The Morgan fingerprint density at radius 2 is 2.16 bits per heavy atom. The highest BCUT2D eigenvalue weighted by Crippen LogP contribution is 2.30. The Morgan fingerprint density at radius 1 is 1.42 bits per heavy atom. The number of amides is 1. The van der Waals surface area contributed by atoms with E-state index in [2.05, 4.69) is 10.3 Å². The summed E-state index contributed by atoms with van der Waals surface area (Å²) in [5.41, 5.74) is 9.21. The zero-order valence-electron chi connectivity index (χ0n) is 10.8. The fraction of sp³-hybridized carbons (Fsp3) is 0.286. The molecule has 0 radical (unpaired) electrons. The van der Waals surface area contributed by atoms with E-state index >= 15 is 0 Å². The van der Waals surface area contributed by atoms with E-state index in [1.54, 1.807) is 5.51 Å². The molecule has 5 heteroatoms. The van der Waals surface area contributed by atoms with E-state index in [4.69, 9.17) is 5.73 Å². The molecule has 2 rings (SSSR count). The monoisotopic (exact) mass is 275 g/mol. The summed E-state index contributed by atoms with van der Waals surface area (Å²) in [6.07, 6.45) is 1.12. The summed E-state index contributed by atoms with van der Waals surface area (Å²) in [6, 6.07) is 9.86. The van der Waals surface area contributed by atoms with Crippen molar-refractivity contribution in [1.29, 1.82) is 0 Å². The number of rotatable bonds is 5. The van der Waals surface area contributed by atoms with Crippen LogP contribution in [-0.2, 0) is 4.79 Å². The highest BCUT2D eigenvalue weighted by Gasteiger charge is 2.11. The van der Waals surface area contributed by atoms with Crippen LogP contribution in [0.1, 0.15) is 19.8 Å². The number of benzene rings is 1. The lowest BCUT2D eigenvalue weighted by molar-refractivity contribution is -0.116. The van der Waals surface area contributed by atoms with Crippen LogP contribution < -0.4 is 11.1 Å². The van der Waals surface area contributed by atoms with Crippen LogP contribution in [0.2, 0.25) is 0 Å². The lowest BCUT2D eigenvalue weighted by atomic mass is 10.1. The Balaban J connectivity index is 2.06. The summed E-state index contributed by atoms with van der Waals surface area (Å²) in [6.45, 7) is 1.90. The smallest absolute Gasteiger partial charge is 0.225 e. The Labute approximate surface area is 116 Å². The summed E-state index contributed by atoms with van der Waals surface area (Å²) in [7, 11) is 0. The number of carbonyl (C=O) groups is 1. The van der Waals surface area contributed by atoms with E-state index in [0.29, 0.717) is 12.8 Å². The van der Waals surface area contributed by atoms with Crippen molar-refractivity contribution in [2.45, 2.75) is 25.8 Å². The Kier molecular flexibility index (Phi) is 4.65. The number of nitrogens with one attached hydrogen (secondary N) is 1. The second kappa shape index (κ2) is 6.45. The van der Waals surface area contributed by atoms with E-state index in [-0.39, 0.29) is 11.9 Å². The maximum atomic E-state index is 11.8. The van der Waals surface area contributed by atoms with Crippen molar-refractivity contribution in [3.63, 3.8) is 0 Å². The Hall–Kier alpha value is -1.72. The predicted molar refractivity (Wildman–Crippen MR) is 79.1 cm³/mol. The molecule has 2 aromatic rings. The first kappa shape index (κ1) is 13.7. The van der Waals surface area contributed by atoms with Crippen molar-refractivity contribution >= 4 is 22.2 Å². The molecular formula is C14H17N3OS. The van der Waals surface area contributed by atoms with Crippen LogP contribution in [0, 0.1) is 0 Å². The molecule has 0 fully saturated rings. The van der Waals surface area contributed by atoms with Gasteiger partial charge >= 0.3 is 0 Å². The molecule has 1 heterocycles. The number of nitrogens with zero attached hydrogens (tertiary/aromatic N) is 1. The summed E-state index contributed by atoms with van der Waals surface area (Å²) in [5.74, 6) is -0.0151. The second-order valence-electron chi connectivity index (χ2n) is 4.46. The third-order valence-electron chi connectivity index (χ3n) is 2.69. The fourth-order valence-corrected chi connectivity index (χ4v) is 2.40. The largest absolute Gasteiger partial charge is 0.328 e. The van der Waals surface area contributed by atoms with Crippen molar-refractivity contribution in [1.82, 2.24) is 4.98 Å². The molecule has 1 amide bonds. The van der Waals surface area contributed by atoms with Gasteiger partial charge in [0.1, 0.15) is 10.7 Å². The van der Waals surface area contributed by atoms with E-state index in [1.165, 1.54) is 11.3 Å². The van der Waals surface area contributed by atoms with Crippen molar-refractivity contribution < 1.29 is 4.79 Å². The summed E-state index contributed by atoms with van der Waals surface area (Å²) < 4.78 is 0. The van der Waals surface area contributed by atoms with Crippen LogP contribution in [0.3, 0.4) is 0 Å². The van der Waals surface area contributed by atoms with Gasteiger partial charge in [0.05, 0.1) is 5.51 Å². The van der Waals surface area contributed by atoms with Crippen LogP contribution in [-0.4, -0.2) is 16.9 Å². The molecule has 0 aliphatic carbocycles. The van der Waals surface area contributed by atoms with Gasteiger partial charge in [0.15, 0.2) is 0 Å². The van der Waals surface area contributed by atoms with Gasteiger partial charge in [-0.05, 0) is 13.3 Å². The minimum atomic E-state index is -0.0151. The number of thiazole rings is 1. The van der Waals surface area contributed by atoms with Gasteiger partial charge in [-0.25, -0.2) is 4.98 Å². The normalized spacial score (nSPS) is 12.1. The van der Waals surface area contributed by atoms with Crippen LogP contribution >= 0.6 is 11.3 Å². The van der Waals surface area contributed by atoms with Gasteiger partial charge in [-0.15, -0.1) is 11.3 Å². The fourth-order valence-electron chi connectivity index (χ4n) is 1.68. The number of hydrogen-bond acceptors (Lipinski definition) is 4. The third kappa shape index (κ3) is 3.87. The lowest BCUT2D eigenvalue weighted by Crippen LogP contribution is -2.19. The minimum Gasteiger partial charge on any atom is -0.328 e. The Bertz CT molecular complexity index is 537. The molecule has 0 aliphatic rings. The third-order valence-corrected chi connectivity index (χ3v) is 3.44. The number of aromatic nitrogens is 1. The Morgan fingerprint density at radius 3 is 2.84 bits per heavy atom. The zero-order valence-corrected chi connectivity index (χ0v) is 11.6. The summed E-state index contributed by atoms with van der Waals surface area (Å²) in [4.78, 5) is 16.1. The molecule has 0 spiro atoms. The molecule has 1 unspecified atom stereocenters. The number of anilines is 1. The number of carbonyl (C=O) groups excluding carboxylic acids is 1. The maximum Gasteiger partial charge on any atom is 0.225 e. The molecule has 0 bridgehead atoms. The van der Waals surface area contributed by atoms with E-state index in [1.807, 2.05) is 37.3 Å². The topological polar surface area (TPSA) is 68.0 Å². The average Bonchev–Trinajstić information content (AvgIpc) is 2.85. The second-order valence-corrected chi connectivity index (χ2v) is 5.32. The summed E-state index contributed by atoms with van der Waals surface area (Å²) >= 11 is 1.43. The van der Waals surface area contributed by atoms with Crippen molar-refractivity contribution in [2.24, 2.45) is 5.73 Å². The molecule has 0 aliphatic heterocycles. The van der Waals surface area contributed by atoms with Crippen LogP contribution in [0.15, 0.2) is 35.8 Å². The predicted octanol–water partition coefficient (Wildman–Crippen LogP) is 2.88. The molecule has 1 aromatic heterocycles. The first-order valence-corrected chi connectivity index (χ1v) is 7.09. The molecule has 4 nitrogen and oxygen atoms in total. The van der Waals surface area contributed by atoms with E-state index < -0.39 is 0 Å². The first-order valence-electron chi connectivity index (χ1n) is 6.21. The van der Waals surface area contributed by atoms with Crippen LogP contribution in [0.5, 0.6) is 0 Å². The molecule has 0 saturated heterocycles. The lowest BCUT2D eigenvalue weighted by Gasteiger charge is -2.07. The van der Waals surface area contributed by atoms with Gasteiger partial charge in [0.2, 0.25) is 5.91 Å².